The van der Waals surface area contributed by atoms with Gasteiger partial charge in [-0.25, -0.2) is 13.8 Å². The van der Waals surface area contributed by atoms with Crippen LogP contribution in [-0.4, -0.2) is 9.91 Å². The van der Waals surface area contributed by atoms with Crippen LogP contribution in [0, 0.1) is 27.3 Å². The number of hydrogen-bond acceptors (Lipinski definition) is 4. The first kappa shape index (κ1) is 11.9. The average Bonchev–Trinajstić information content (AvgIpc) is 2.16. The fourth-order valence-corrected chi connectivity index (χ4v) is 1.08. The lowest BCUT2D eigenvalue weighted by molar-refractivity contribution is -0.389. The van der Waals surface area contributed by atoms with E-state index in [2.05, 4.69) is 4.98 Å². The van der Waals surface area contributed by atoms with E-state index in [0.29, 0.717) is 6.07 Å². The lowest BCUT2D eigenvalue weighted by Crippen LogP contribution is -2.05. The molecule has 0 aromatic carbocycles. The van der Waals surface area contributed by atoms with Crippen molar-refractivity contribution in [3.63, 3.8) is 0 Å². The van der Waals surface area contributed by atoms with Gasteiger partial charge in [0.05, 0.1) is 23.1 Å². The molecule has 1 aromatic rings. The molecule has 0 saturated heterocycles. The van der Waals surface area contributed by atoms with Gasteiger partial charge in [-0.15, -0.1) is 0 Å². The highest BCUT2D eigenvalue weighted by Gasteiger charge is 2.29. The molecule has 1 rings (SSSR count). The molecule has 0 fully saturated rings. The van der Waals surface area contributed by atoms with Crippen molar-refractivity contribution < 1.29 is 18.1 Å². The topological polar surface area (TPSA) is 79.8 Å². The highest BCUT2D eigenvalue weighted by molar-refractivity contribution is 5.39. The molecular weight excluding hydrogens is 227 g/mol. The Kier molecular flexibility index (Phi) is 3.40. The quantitative estimate of drug-likeness (QED) is 0.589. The Morgan fingerprint density at radius 3 is 2.69 bits per heavy atom. The van der Waals surface area contributed by atoms with Crippen molar-refractivity contribution in [2.75, 3.05) is 0 Å². The van der Waals surface area contributed by atoms with E-state index in [9.17, 15) is 23.3 Å². The van der Waals surface area contributed by atoms with Crippen LogP contribution >= 0.6 is 0 Å². The van der Waals surface area contributed by atoms with E-state index in [0.717, 1.165) is 0 Å². The van der Waals surface area contributed by atoms with E-state index in [1.165, 1.54) is 0 Å². The first-order valence-electron chi connectivity index (χ1n) is 3.96. The highest BCUT2D eigenvalue weighted by Crippen LogP contribution is 2.29. The molecular formula is C8H4F3N3O2. The van der Waals surface area contributed by atoms with Crippen LogP contribution in [-0.2, 0) is 6.42 Å². The van der Waals surface area contributed by atoms with Gasteiger partial charge in [-0.1, -0.05) is 0 Å². The summed E-state index contributed by atoms with van der Waals surface area (Å²) in [6.07, 6.45) is -3.66. The Bertz CT molecular complexity index is 470. The fraction of sp³-hybridized carbons (Fsp3) is 0.250. The van der Waals surface area contributed by atoms with Gasteiger partial charge < -0.3 is 0 Å². The highest BCUT2D eigenvalue weighted by atomic mass is 19.3. The van der Waals surface area contributed by atoms with Crippen LogP contribution in [0.2, 0.25) is 0 Å². The molecule has 0 aliphatic rings. The standard InChI is InChI=1S/C8H4F3N3O2/c9-5-3-4(1-2-12)13-6(8(10)11)7(5)14(15)16/h3,8H,1H2. The molecule has 5 nitrogen and oxygen atoms in total. The molecule has 1 aromatic heterocycles. The van der Waals surface area contributed by atoms with Gasteiger partial charge in [0, 0.05) is 6.07 Å². The second-order valence-corrected chi connectivity index (χ2v) is 2.72. The number of rotatable bonds is 3. The largest absolute Gasteiger partial charge is 0.331 e. The van der Waals surface area contributed by atoms with Crippen LogP contribution in [0.25, 0.3) is 0 Å². The number of halogens is 3. The Balaban J connectivity index is 3.40. The Morgan fingerprint density at radius 2 is 2.25 bits per heavy atom. The summed E-state index contributed by atoms with van der Waals surface area (Å²) in [5.74, 6) is -1.42. The first-order chi connectivity index (χ1) is 7.47. The molecule has 0 aliphatic heterocycles. The molecule has 0 atom stereocenters. The van der Waals surface area contributed by atoms with Crippen molar-refractivity contribution in [2.45, 2.75) is 12.8 Å². The van der Waals surface area contributed by atoms with Gasteiger partial charge in [-0.3, -0.25) is 10.1 Å². The Morgan fingerprint density at radius 1 is 1.62 bits per heavy atom. The maximum atomic E-state index is 13.1. The van der Waals surface area contributed by atoms with Crippen LogP contribution in [0.4, 0.5) is 18.9 Å². The van der Waals surface area contributed by atoms with Gasteiger partial charge in [0.1, 0.15) is 0 Å². The van der Waals surface area contributed by atoms with Crippen molar-refractivity contribution >= 4 is 5.69 Å². The zero-order chi connectivity index (χ0) is 12.3. The van der Waals surface area contributed by atoms with Crippen molar-refractivity contribution in [1.29, 1.82) is 5.26 Å². The summed E-state index contributed by atoms with van der Waals surface area (Å²) in [6.45, 7) is 0. The lowest BCUT2D eigenvalue weighted by atomic mass is 10.2. The fourth-order valence-electron chi connectivity index (χ4n) is 1.08. The zero-order valence-electron chi connectivity index (χ0n) is 7.65. The van der Waals surface area contributed by atoms with Crippen molar-refractivity contribution in [3.05, 3.63) is 33.4 Å². The van der Waals surface area contributed by atoms with E-state index >= 15 is 0 Å². The Hall–Kier alpha value is -2.17. The number of nitrogens with zero attached hydrogens (tertiary/aromatic N) is 3. The molecule has 84 valence electrons. The summed E-state index contributed by atoms with van der Waals surface area (Å²) < 4.78 is 37.9. The molecule has 0 bridgehead atoms. The molecule has 0 saturated carbocycles. The Labute approximate surface area is 87.3 Å². The third kappa shape index (κ3) is 2.25. The number of aromatic nitrogens is 1. The van der Waals surface area contributed by atoms with Gasteiger partial charge in [0.2, 0.25) is 5.82 Å². The minimum Gasteiger partial charge on any atom is -0.258 e. The van der Waals surface area contributed by atoms with Crippen molar-refractivity contribution in [3.8, 4) is 6.07 Å². The van der Waals surface area contributed by atoms with E-state index < -0.39 is 35.0 Å². The average molecular weight is 231 g/mol. The monoisotopic (exact) mass is 231 g/mol. The van der Waals surface area contributed by atoms with E-state index in [4.69, 9.17) is 5.26 Å². The number of hydrogen-bond donors (Lipinski definition) is 0. The predicted molar refractivity (Wildman–Crippen MR) is 45.1 cm³/mol. The minimum atomic E-state index is -3.27. The summed E-state index contributed by atoms with van der Waals surface area (Å²) in [4.78, 5) is 12.3. The smallest absolute Gasteiger partial charge is 0.258 e. The second kappa shape index (κ2) is 4.57. The summed E-state index contributed by atoms with van der Waals surface area (Å²) in [7, 11) is 0. The second-order valence-electron chi connectivity index (χ2n) is 2.72. The maximum Gasteiger partial charge on any atom is 0.331 e. The number of nitriles is 1. The van der Waals surface area contributed by atoms with Crippen molar-refractivity contribution in [1.82, 2.24) is 4.98 Å². The van der Waals surface area contributed by atoms with E-state index in [1.54, 1.807) is 6.07 Å². The molecule has 0 N–H and O–H groups in total. The SMILES string of the molecule is N#CCc1cc(F)c([N+](=O)[O-])c(C(F)F)n1. The molecule has 0 unspecified atom stereocenters. The van der Waals surface area contributed by atoms with E-state index in [1.807, 2.05) is 0 Å². The summed E-state index contributed by atoms with van der Waals surface area (Å²) in [5.41, 5.74) is -2.87. The minimum absolute atomic E-state index is 0.263. The van der Waals surface area contributed by atoms with Gasteiger partial charge in [0.25, 0.3) is 6.43 Å². The van der Waals surface area contributed by atoms with Gasteiger partial charge >= 0.3 is 5.69 Å². The van der Waals surface area contributed by atoms with Gasteiger partial charge in [0.15, 0.2) is 5.69 Å². The lowest BCUT2D eigenvalue weighted by Gasteiger charge is -2.03. The summed E-state index contributed by atoms with van der Waals surface area (Å²) in [5, 5.41) is 18.6. The van der Waals surface area contributed by atoms with Crippen LogP contribution in [0.5, 0.6) is 0 Å². The van der Waals surface area contributed by atoms with Gasteiger partial charge in [-0.2, -0.15) is 9.65 Å². The molecule has 0 aliphatic carbocycles. The van der Waals surface area contributed by atoms with E-state index in [-0.39, 0.29) is 5.69 Å². The van der Waals surface area contributed by atoms with Gasteiger partial charge in [-0.05, 0) is 0 Å². The number of nitro groups is 1. The molecule has 1 heterocycles. The molecule has 8 heteroatoms. The molecule has 0 radical (unpaired) electrons. The maximum absolute atomic E-state index is 13.1. The van der Waals surface area contributed by atoms with Crippen molar-refractivity contribution in [2.24, 2.45) is 0 Å². The van der Waals surface area contributed by atoms with Crippen LogP contribution in [0.1, 0.15) is 17.8 Å². The van der Waals surface area contributed by atoms with Crippen LogP contribution < -0.4 is 0 Å². The summed E-state index contributed by atoms with van der Waals surface area (Å²) in [6, 6.07) is 2.19. The van der Waals surface area contributed by atoms with Crippen LogP contribution in [0.15, 0.2) is 6.07 Å². The zero-order valence-corrected chi connectivity index (χ0v) is 7.65. The number of alkyl halides is 2. The molecule has 0 amide bonds. The van der Waals surface area contributed by atoms with Crippen LogP contribution in [0.3, 0.4) is 0 Å². The third-order valence-corrected chi connectivity index (χ3v) is 1.68. The number of pyridine rings is 1. The molecule has 16 heavy (non-hydrogen) atoms. The first-order valence-corrected chi connectivity index (χ1v) is 3.96. The summed E-state index contributed by atoms with van der Waals surface area (Å²) >= 11 is 0. The predicted octanol–water partition coefficient (Wildman–Crippen LogP) is 2.13. The normalized spacial score (nSPS) is 10.2. The third-order valence-electron chi connectivity index (χ3n) is 1.68. The molecule has 0 spiro atoms.